The van der Waals surface area contributed by atoms with Crippen LogP contribution in [0, 0.1) is 6.92 Å². The first-order valence-electron chi connectivity index (χ1n) is 7.42. The van der Waals surface area contributed by atoms with E-state index in [1.165, 1.54) is 11.3 Å². The zero-order valence-corrected chi connectivity index (χ0v) is 15.1. The molecular weight excluding hydrogens is 338 g/mol. The highest BCUT2D eigenvalue weighted by Crippen LogP contribution is 2.35. The first kappa shape index (κ1) is 17.9. The van der Waals surface area contributed by atoms with E-state index in [-0.39, 0.29) is 30.0 Å². The molecule has 0 aliphatic rings. The van der Waals surface area contributed by atoms with Crippen LogP contribution in [0.5, 0.6) is 0 Å². The zero-order chi connectivity index (χ0) is 17.1. The van der Waals surface area contributed by atoms with E-state index in [0.29, 0.717) is 15.5 Å². The van der Waals surface area contributed by atoms with Crippen LogP contribution in [0.15, 0.2) is 0 Å². The molecule has 8 heteroatoms. The molecule has 0 aliphatic heterocycles. The number of aryl methyl sites for hydroxylation is 1. The van der Waals surface area contributed by atoms with Crippen LogP contribution in [0.25, 0.3) is 10.2 Å². The van der Waals surface area contributed by atoms with Crippen molar-refractivity contribution in [2.24, 2.45) is 0 Å². The van der Waals surface area contributed by atoms with Gasteiger partial charge >= 0.3 is 5.97 Å². The summed E-state index contributed by atoms with van der Waals surface area (Å²) in [5, 5.41) is 13.4. The Balaban J connectivity index is 2.52. The zero-order valence-electron chi connectivity index (χ0n) is 13.5. The molecule has 0 radical (unpaired) electrons. The van der Waals surface area contributed by atoms with Crippen molar-refractivity contribution < 1.29 is 14.6 Å². The topological polar surface area (TPSA) is 84.3 Å². The molecule has 0 amide bonds. The number of hydrogen-bond acceptors (Lipinski definition) is 7. The Morgan fingerprint density at radius 2 is 2.13 bits per heavy atom. The van der Waals surface area contributed by atoms with Crippen molar-refractivity contribution >= 4 is 44.9 Å². The minimum absolute atomic E-state index is 0.0228. The minimum atomic E-state index is -0.378. The van der Waals surface area contributed by atoms with Gasteiger partial charge in [0.25, 0.3) is 0 Å². The van der Waals surface area contributed by atoms with Gasteiger partial charge < -0.3 is 15.2 Å². The number of aliphatic hydroxyl groups excluding tert-OH is 1. The number of rotatable bonds is 6. The molecular formula is C15H20ClN3O3S. The Hall–Kier alpha value is -1.44. The molecule has 0 bridgehead atoms. The predicted molar refractivity (Wildman–Crippen MR) is 92.5 cm³/mol. The van der Waals surface area contributed by atoms with Gasteiger partial charge in [0.1, 0.15) is 15.5 Å². The molecule has 2 N–H and O–H groups in total. The smallest absolute Gasteiger partial charge is 0.348 e. The van der Waals surface area contributed by atoms with Gasteiger partial charge in [-0.05, 0) is 44.4 Å². The molecule has 0 fully saturated rings. The lowest BCUT2D eigenvalue weighted by Gasteiger charge is -2.15. The van der Waals surface area contributed by atoms with Crippen LogP contribution >= 0.6 is 22.9 Å². The van der Waals surface area contributed by atoms with Crippen LogP contribution in [-0.4, -0.2) is 39.8 Å². The van der Waals surface area contributed by atoms with Gasteiger partial charge in [0.05, 0.1) is 24.1 Å². The third-order valence-electron chi connectivity index (χ3n) is 3.35. The van der Waals surface area contributed by atoms with Crippen LogP contribution in [0.2, 0.25) is 5.28 Å². The van der Waals surface area contributed by atoms with E-state index >= 15 is 0 Å². The summed E-state index contributed by atoms with van der Waals surface area (Å²) < 4.78 is 5.27. The first-order chi connectivity index (χ1) is 10.9. The second-order valence-corrected chi connectivity index (χ2v) is 6.80. The minimum Gasteiger partial charge on any atom is -0.459 e. The molecule has 126 valence electrons. The summed E-state index contributed by atoms with van der Waals surface area (Å²) in [6.45, 7) is 7.37. The quantitative estimate of drug-likeness (QED) is 0.609. The fourth-order valence-electron chi connectivity index (χ4n) is 2.15. The Bertz CT molecular complexity index is 714. The maximum absolute atomic E-state index is 12.2. The Morgan fingerprint density at radius 3 is 2.70 bits per heavy atom. The fraction of sp³-hybridized carbons (Fsp3) is 0.533. The number of aliphatic hydroxyl groups is 1. The predicted octanol–water partition coefficient (Wildman–Crippen LogP) is 3.40. The van der Waals surface area contributed by atoms with Crippen LogP contribution in [0.1, 0.15) is 42.4 Å². The van der Waals surface area contributed by atoms with Crippen LogP contribution in [0.3, 0.4) is 0 Å². The molecule has 2 aromatic heterocycles. The van der Waals surface area contributed by atoms with E-state index in [0.717, 1.165) is 17.4 Å². The molecule has 1 atom stereocenters. The van der Waals surface area contributed by atoms with Gasteiger partial charge in [-0.1, -0.05) is 6.92 Å². The van der Waals surface area contributed by atoms with E-state index in [1.807, 2.05) is 13.8 Å². The summed E-state index contributed by atoms with van der Waals surface area (Å²) in [7, 11) is 0. The van der Waals surface area contributed by atoms with E-state index in [2.05, 4.69) is 15.3 Å². The van der Waals surface area contributed by atoms with Crippen LogP contribution < -0.4 is 5.32 Å². The second kappa shape index (κ2) is 7.42. The lowest BCUT2D eigenvalue weighted by molar-refractivity contribution is 0.0383. The van der Waals surface area contributed by atoms with Gasteiger partial charge in [-0.15, -0.1) is 11.3 Å². The Labute approximate surface area is 143 Å². The molecule has 2 rings (SSSR count). The molecule has 23 heavy (non-hydrogen) atoms. The summed E-state index contributed by atoms with van der Waals surface area (Å²) >= 11 is 7.22. The van der Waals surface area contributed by atoms with Crippen molar-refractivity contribution in [1.82, 2.24) is 9.97 Å². The van der Waals surface area contributed by atoms with Crippen molar-refractivity contribution in [3.63, 3.8) is 0 Å². The first-order valence-corrected chi connectivity index (χ1v) is 8.61. The molecule has 2 aromatic rings. The summed E-state index contributed by atoms with van der Waals surface area (Å²) in [6.07, 6.45) is 0.531. The van der Waals surface area contributed by atoms with Crippen molar-refractivity contribution in [3.05, 3.63) is 15.7 Å². The third kappa shape index (κ3) is 3.91. The van der Waals surface area contributed by atoms with Crippen LogP contribution in [0.4, 0.5) is 5.82 Å². The molecule has 0 spiro atoms. The summed E-state index contributed by atoms with van der Waals surface area (Å²) in [5.74, 6) is 0.148. The number of nitrogens with one attached hydrogen (secondary N) is 1. The number of ether oxygens (including phenoxy) is 1. The highest BCUT2D eigenvalue weighted by Gasteiger charge is 2.22. The fourth-order valence-corrected chi connectivity index (χ4v) is 3.43. The number of hydrogen-bond donors (Lipinski definition) is 2. The lowest BCUT2D eigenvalue weighted by atomic mass is 10.2. The van der Waals surface area contributed by atoms with Gasteiger partial charge in [0.2, 0.25) is 5.28 Å². The molecule has 2 heterocycles. The van der Waals surface area contributed by atoms with E-state index in [9.17, 15) is 9.90 Å². The average Bonchev–Trinajstić information content (AvgIpc) is 2.80. The van der Waals surface area contributed by atoms with Gasteiger partial charge in [-0.25, -0.2) is 14.8 Å². The van der Waals surface area contributed by atoms with Crippen LogP contribution in [-0.2, 0) is 4.74 Å². The number of nitrogens with zero attached hydrogens (tertiary/aromatic N) is 2. The van der Waals surface area contributed by atoms with Gasteiger partial charge in [0.15, 0.2) is 0 Å². The SMILES string of the molecule is CCC(CO)Nc1nc(Cl)nc2sc(C(=O)OC(C)C)c(C)c12. The molecule has 0 saturated heterocycles. The highest BCUT2D eigenvalue weighted by molar-refractivity contribution is 7.20. The number of fused-ring (bicyclic) bond motifs is 1. The summed E-state index contributed by atoms with van der Waals surface area (Å²) in [5.41, 5.74) is 0.752. The monoisotopic (exact) mass is 357 g/mol. The lowest BCUT2D eigenvalue weighted by Crippen LogP contribution is -2.23. The molecule has 0 aliphatic carbocycles. The van der Waals surface area contributed by atoms with Gasteiger partial charge in [0, 0.05) is 0 Å². The van der Waals surface area contributed by atoms with Crippen molar-refractivity contribution in [1.29, 1.82) is 0 Å². The number of carbonyl (C=O) groups is 1. The number of esters is 1. The number of thiophene rings is 1. The second-order valence-electron chi connectivity index (χ2n) is 5.46. The Morgan fingerprint density at radius 1 is 1.43 bits per heavy atom. The molecule has 0 saturated carbocycles. The standard InChI is InChI=1S/C15H20ClN3O3S/c1-5-9(6-20)17-12-10-8(4)11(14(21)22-7(2)3)23-13(10)19-15(16)18-12/h7,9,20H,5-6H2,1-4H3,(H,17,18,19). The van der Waals surface area contributed by atoms with E-state index in [1.54, 1.807) is 13.8 Å². The van der Waals surface area contributed by atoms with Crippen molar-refractivity contribution in [3.8, 4) is 0 Å². The molecule has 6 nitrogen and oxygen atoms in total. The molecule has 1 unspecified atom stereocenters. The number of aromatic nitrogens is 2. The van der Waals surface area contributed by atoms with E-state index < -0.39 is 0 Å². The summed E-state index contributed by atoms with van der Waals surface area (Å²) in [6, 6.07) is -0.144. The highest BCUT2D eigenvalue weighted by atomic mass is 35.5. The normalized spacial score (nSPS) is 12.7. The third-order valence-corrected chi connectivity index (χ3v) is 4.68. The number of carbonyl (C=O) groups excluding carboxylic acids is 1. The maximum atomic E-state index is 12.2. The number of anilines is 1. The van der Waals surface area contributed by atoms with E-state index in [4.69, 9.17) is 16.3 Å². The summed E-state index contributed by atoms with van der Waals surface area (Å²) in [4.78, 5) is 21.8. The van der Waals surface area contributed by atoms with Crippen molar-refractivity contribution in [2.75, 3.05) is 11.9 Å². The van der Waals surface area contributed by atoms with Crippen molar-refractivity contribution in [2.45, 2.75) is 46.3 Å². The van der Waals surface area contributed by atoms with Gasteiger partial charge in [-0.2, -0.15) is 0 Å². The average molecular weight is 358 g/mol. The Kier molecular flexibility index (Phi) is 5.78. The van der Waals surface area contributed by atoms with Gasteiger partial charge in [-0.3, -0.25) is 0 Å². The molecule has 0 aromatic carbocycles. The largest absolute Gasteiger partial charge is 0.459 e. The maximum Gasteiger partial charge on any atom is 0.348 e. The number of halogens is 1.